The molecular formula is C45H49ClN8O6S. The number of sulfonamides is 1. The van der Waals surface area contributed by atoms with Gasteiger partial charge in [0.25, 0.3) is 21.6 Å². The second kappa shape index (κ2) is 16.1. The summed E-state index contributed by atoms with van der Waals surface area (Å²) in [6.45, 7) is 10.5. The van der Waals surface area contributed by atoms with Crippen molar-refractivity contribution in [2.24, 2.45) is 10.8 Å². The number of carbonyl (C=O) groups excluding carboxylic acids is 1. The molecule has 3 fully saturated rings. The number of hydrogen-bond acceptors (Lipinski definition) is 11. The average Bonchev–Trinajstić information content (AvgIpc) is 3.67. The molecular weight excluding hydrogens is 816 g/mol. The molecule has 0 unspecified atom stereocenters. The minimum absolute atomic E-state index is 0.0285. The van der Waals surface area contributed by atoms with Gasteiger partial charge in [0.2, 0.25) is 0 Å². The largest absolute Gasteiger partial charge is 0.455 e. The lowest BCUT2D eigenvalue weighted by Gasteiger charge is -2.54. The molecule has 1 spiro atoms. The Morgan fingerprint density at radius 3 is 2.51 bits per heavy atom. The van der Waals surface area contributed by atoms with Crippen LogP contribution in [0, 0.1) is 20.9 Å². The van der Waals surface area contributed by atoms with Crippen LogP contribution in [0.15, 0.2) is 95.7 Å². The van der Waals surface area contributed by atoms with Gasteiger partial charge in [0.1, 0.15) is 22.8 Å². The molecule has 4 N–H and O–H groups in total. The number of aromatic amines is 1. The van der Waals surface area contributed by atoms with E-state index in [-0.39, 0.29) is 39.6 Å². The monoisotopic (exact) mass is 864 g/mol. The van der Waals surface area contributed by atoms with Crippen LogP contribution in [0.4, 0.5) is 17.1 Å². The van der Waals surface area contributed by atoms with Crippen molar-refractivity contribution in [1.82, 2.24) is 24.9 Å². The number of piperazine rings is 1. The number of nitrogens with one attached hydrogen (secondary N) is 4. The minimum Gasteiger partial charge on any atom is -0.455 e. The minimum atomic E-state index is -4.54. The maximum Gasteiger partial charge on any atom is 0.293 e. The lowest BCUT2D eigenvalue weighted by Crippen LogP contribution is -2.63. The van der Waals surface area contributed by atoms with Crippen molar-refractivity contribution in [2.45, 2.75) is 56.9 Å². The first-order chi connectivity index (χ1) is 29.2. The molecule has 2 saturated heterocycles. The highest BCUT2D eigenvalue weighted by Gasteiger charge is 2.48. The van der Waals surface area contributed by atoms with Crippen LogP contribution in [0.1, 0.15) is 61.9 Å². The van der Waals surface area contributed by atoms with Gasteiger partial charge in [0.15, 0.2) is 0 Å². The quantitative estimate of drug-likeness (QED) is 0.0707. The van der Waals surface area contributed by atoms with Crippen LogP contribution >= 0.6 is 11.6 Å². The number of H-pyrrole nitrogens is 1. The van der Waals surface area contributed by atoms with Crippen molar-refractivity contribution in [3.63, 3.8) is 0 Å². The zero-order valence-corrected chi connectivity index (χ0v) is 35.7. The Morgan fingerprint density at radius 1 is 1.02 bits per heavy atom. The van der Waals surface area contributed by atoms with Gasteiger partial charge >= 0.3 is 0 Å². The van der Waals surface area contributed by atoms with E-state index in [9.17, 15) is 23.3 Å². The highest BCUT2D eigenvalue weighted by molar-refractivity contribution is 7.90. The van der Waals surface area contributed by atoms with Gasteiger partial charge in [0, 0.05) is 86.3 Å². The summed E-state index contributed by atoms with van der Waals surface area (Å²) in [5, 5.41) is 20.1. The maximum atomic E-state index is 13.9. The summed E-state index contributed by atoms with van der Waals surface area (Å²) >= 11 is 6.24. The molecule has 61 heavy (non-hydrogen) atoms. The Balaban J connectivity index is 0.929. The highest BCUT2D eigenvalue weighted by Crippen LogP contribution is 2.46. The lowest BCUT2D eigenvalue weighted by atomic mass is 9.61. The predicted octanol–water partition coefficient (Wildman–Crippen LogP) is 7.99. The SMILES string of the molecule is CC1(C)CCC(CN2CCN(c3ccc(C(=O)NS(=O)(=O)c4ccc(NC5CC6(CNC6)C5)c([N+](=O)[O-])c4)c(Oc4cnc5[nH]ccc5c4)c3)CC2)=C(c2ccc(Cl)cc2)C1. The molecule has 4 heterocycles. The third-order valence-electron chi connectivity index (χ3n) is 12.8. The standard InChI is InChI=1S/C45H49ClN8O6S/c1-44(2)13-11-31(38(24-44)29-3-5-32(46)6-4-29)26-52-15-17-53(18-16-52)34-7-9-37(41(20-34)60-35-19-30-12-14-48-42(30)49-25-35)43(55)51-61(58,59)36-8-10-39(40(21-36)54(56)57)50-33-22-45(23-33)27-47-28-45/h3-10,12,14,19-21,25,33,47,50H,11,13,15-18,22-24,26-28H2,1-2H3,(H,48,49)(H,51,55). The van der Waals surface area contributed by atoms with Crippen molar-refractivity contribution in [3.8, 4) is 11.5 Å². The third kappa shape index (κ3) is 8.69. The van der Waals surface area contributed by atoms with E-state index in [1.807, 2.05) is 18.2 Å². The normalized spacial score (nSPS) is 19.0. The number of nitro groups is 1. The number of nitro benzene ring substituents is 1. The van der Waals surface area contributed by atoms with E-state index in [0.29, 0.717) is 11.4 Å². The van der Waals surface area contributed by atoms with E-state index >= 15 is 0 Å². The van der Waals surface area contributed by atoms with Crippen LogP contribution in [-0.4, -0.2) is 86.0 Å². The molecule has 1 saturated carbocycles. The zero-order chi connectivity index (χ0) is 42.5. The van der Waals surface area contributed by atoms with E-state index in [1.165, 1.54) is 35.0 Å². The molecule has 14 nitrogen and oxygen atoms in total. The molecule has 3 aromatic carbocycles. The number of aromatic nitrogens is 2. The maximum absolute atomic E-state index is 13.9. The summed E-state index contributed by atoms with van der Waals surface area (Å²) in [5.41, 5.74) is 5.89. The first-order valence-corrected chi connectivity index (χ1v) is 22.6. The second-order valence-electron chi connectivity index (χ2n) is 17.8. The Hall–Kier alpha value is -5.48. The number of halogens is 1. The van der Waals surface area contributed by atoms with Gasteiger partial charge in [-0.1, -0.05) is 43.2 Å². The molecule has 2 aliphatic heterocycles. The van der Waals surface area contributed by atoms with Crippen LogP contribution in [0.2, 0.25) is 5.02 Å². The van der Waals surface area contributed by atoms with Crippen molar-refractivity contribution < 1.29 is 22.9 Å². The van der Waals surface area contributed by atoms with Crippen molar-refractivity contribution in [2.75, 3.05) is 56.0 Å². The van der Waals surface area contributed by atoms with Gasteiger partial charge in [-0.3, -0.25) is 19.8 Å². The summed E-state index contributed by atoms with van der Waals surface area (Å²) in [4.78, 5) is 37.2. The number of fused-ring (bicyclic) bond motifs is 1. The number of allylic oxidation sites excluding steroid dienone is 1. The smallest absolute Gasteiger partial charge is 0.293 e. The predicted molar refractivity (Wildman–Crippen MR) is 237 cm³/mol. The molecule has 2 aromatic heterocycles. The van der Waals surface area contributed by atoms with Gasteiger partial charge < -0.3 is 25.3 Å². The number of carbonyl (C=O) groups is 1. The number of pyridine rings is 1. The average molecular weight is 865 g/mol. The van der Waals surface area contributed by atoms with Gasteiger partial charge in [-0.2, -0.15) is 0 Å². The van der Waals surface area contributed by atoms with Crippen molar-refractivity contribution in [3.05, 3.63) is 117 Å². The van der Waals surface area contributed by atoms with Gasteiger partial charge in [-0.15, -0.1) is 0 Å². The molecule has 0 atom stereocenters. The molecule has 5 aromatic rings. The summed E-state index contributed by atoms with van der Waals surface area (Å²) in [5.74, 6) is -0.449. The summed E-state index contributed by atoms with van der Waals surface area (Å²) in [7, 11) is -4.54. The van der Waals surface area contributed by atoms with Gasteiger partial charge in [0.05, 0.1) is 21.6 Å². The van der Waals surface area contributed by atoms with E-state index in [4.69, 9.17) is 16.3 Å². The number of hydrogen-bond donors (Lipinski definition) is 4. The van der Waals surface area contributed by atoms with Crippen LogP contribution in [-0.2, 0) is 10.0 Å². The molecule has 1 amide bonds. The number of nitrogens with zero attached hydrogens (tertiary/aromatic N) is 4. The number of anilines is 2. The zero-order valence-electron chi connectivity index (χ0n) is 34.2. The van der Waals surface area contributed by atoms with Gasteiger partial charge in [-0.05, 0) is 103 Å². The molecule has 16 heteroatoms. The highest BCUT2D eigenvalue weighted by atomic mass is 35.5. The van der Waals surface area contributed by atoms with Crippen molar-refractivity contribution in [1.29, 1.82) is 0 Å². The molecule has 4 aliphatic rings. The first-order valence-electron chi connectivity index (χ1n) is 20.7. The van der Waals surface area contributed by atoms with Crippen molar-refractivity contribution >= 4 is 61.2 Å². The molecule has 0 radical (unpaired) electrons. The number of amides is 1. The van der Waals surface area contributed by atoms with Crippen LogP contribution < -0.4 is 25.0 Å². The van der Waals surface area contributed by atoms with E-state index in [0.717, 1.165) is 100 Å². The molecule has 9 rings (SSSR count). The Kier molecular flexibility index (Phi) is 10.8. The van der Waals surface area contributed by atoms with Gasteiger partial charge in [-0.25, -0.2) is 18.1 Å². The number of ether oxygens (including phenoxy) is 1. The fourth-order valence-electron chi connectivity index (χ4n) is 9.24. The molecule has 0 bridgehead atoms. The summed E-state index contributed by atoms with van der Waals surface area (Å²) < 4.78 is 35.8. The topological polar surface area (TPSA) is 175 Å². The fourth-order valence-corrected chi connectivity index (χ4v) is 10.4. The Labute approximate surface area is 359 Å². The number of benzene rings is 3. The fraction of sp³-hybridized carbons (Fsp3) is 0.378. The Morgan fingerprint density at radius 2 is 1.79 bits per heavy atom. The summed E-state index contributed by atoms with van der Waals surface area (Å²) in [6.07, 6.45) is 8.26. The van der Waals surface area contributed by atoms with Crippen LogP contribution in [0.5, 0.6) is 11.5 Å². The van der Waals surface area contributed by atoms with E-state index in [2.05, 4.69) is 61.1 Å². The van der Waals surface area contributed by atoms with E-state index < -0.39 is 25.7 Å². The second-order valence-corrected chi connectivity index (χ2v) is 19.9. The third-order valence-corrected chi connectivity index (χ3v) is 14.3. The Bertz CT molecular complexity index is 2640. The van der Waals surface area contributed by atoms with Crippen LogP contribution in [0.3, 0.4) is 0 Å². The molecule has 2 aliphatic carbocycles. The molecule has 318 valence electrons. The number of rotatable bonds is 12. The van der Waals surface area contributed by atoms with E-state index in [1.54, 1.807) is 30.5 Å². The van der Waals surface area contributed by atoms with Crippen LogP contribution in [0.25, 0.3) is 16.6 Å². The lowest BCUT2D eigenvalue weighted by molar-refractivity contribution is -0.384. The first kappa shape index (κ1) is 40.9. The summed E-state index contributed by atoms with van der Waals surface area (Å²) in [6, 6.07) is 20.6.